The fraction of sp³-hybridized carbons (Fsp3) is 0.455. The molecule has 2 atom stereocenters. The van der Waals surface area contributed by atoms with Crippen LogP contribution >= 0.6 is 11.3 Å². The minimum absolute atomic E-state index is 0.0220. The average Bonchev–Trinajstić information content (AvgIpc) is 3.24. The molecule has 28 heavy (non-hydrogen) atoms. The molecule has 0 unspecified atom stereocenters. The highest BCUT2D eigenvalue weighted by Gasteiger charge is 2.46. The number of morpholine rings is 1. The minimum Gasteiger partial charge on any atom is -0.378 e. The van der Waals surface area contributed by atoms with E-state index >= 15 is 0 Å². The number of benzene rings is 1. The van der Waals surface area contributed by atoms with Gasteiger partial charge in [-0.3, -0.25) is 9.59 Å². The summed E-state index contributed by atoms with van der Waals surface area (Å²) in [4.78, 5) is 32.0. The van der Waals surface area contributed by atoms with Crippen molar-refractivity contribution in [3.63, 3.8) is 0 Å². The molecule has 1 aromatic heterocycles. The van der Waals surface area contributed by atoms with Crippen molar-refractivity contribution in [2.75, 3.05) is 32.8 Å². The summed E-state index contributed by atoms with van der Waals surface area (Å²) in [5.74, 6) is 0.0457. The number of amides is 2. The van der Waals surface area contributed by atoms with Crippen LogP contribution in [0.5, 0.6) is 0 Å². The number of carbonyl (C=O) groups is 2. The Balaban J connectivity index is 1.83. The Morgan fingerprint density at radius 1 is 1.18 bits per heavy atom. The Bertz CT molecular complexity index is 843. The van der Waals surface area contributed by atoms with Gasteiger partial charge >= 0.3 is 0 Å². The molecule has 1 fully saturated rings. The van der Waals surface area contributed by atoms with E-state index in [9.17, 15) is 9.59 Å². The molecule has 0 aliphatic carbocycles. The van der Waals surface area contributed by atoms with Crippen molar-refractivity contribution in [3.05, 3.63) is 57.8 Å². The van der Waals surface area contributed by atoms with Gasteiger partial charge in [0.2, 0.25) is 5.91 Å². The third kappa shape index (κ3) is 3.47. The van der Waals surface area contributed by atoms with E-state index in [1.807, 2.05) is 51.6 Å². The second-order valence-corrected chi connectivity index (χ2v) is 8.79. The highest BCUT2D eigenvalue weighted by Crippen LogP contribution is 2.45. The number of nitrogens with zero attached hydrogens (tertiary/aromatic N) is 2. The Kier molecular flexibility index (Phi) is 5.51. The van der Waals surface area contributed by atoms with Crippen molar-refractivity contribution >= 4 is 23.2 Å². The van der Waals surface area contributed by atoms with E-state index in [-0.39, 0.29) is 23.8 Å². The Hall–Kier alpha value is -2.18. The maximum absolute atomic E-state index is 13.7. The van der Waals surface area contributed by atoms with Crippen LogP contribution in [0, 0.1) is 5.92 Å². The van der Waals surface area contributed by atoms with Gasteiger partial charge in [0.25, 0.3) is 5.91 Å². The molecule has 0 radical (unpaired) electrons. The summed E-state index contributed by atoms with van der Waals surface area (Å²) in [6, 6.07) is 11.4. The molecule has 2 aliphatic heterocycles. The number of rotatable bonds is 4. The largest absolute Gasteiger partial charge is 0.378 e. The second kappa shape index (κ2) is 8.05. The van der Waals surface area contributed by atoms with Crippen LogP contribution in [-0.2, 0) is 9.53 Å². The predicted octanol–water partition coefficient (Wildman–Crippen LogP) is 3.54. The van der Waals surface area contributed by atoms with Crippen molar-refractivity contribution in [2.24, 2.45) is 5.92 Å². The van der Waals surface area contributed by atoms with Crippen molar-refractivity contribution in [3.8, 4) is 0 Å². The second-order valence-electron chi connectivity index (χ2n) is 7.81. The lowest BCUT2D eigenvalue weighted by molar-refractivity contribution is -0.138. The summed E-state index contributed by atoms with van der Waals surface area (Å²) in [5, 5.41) is 2.02. The summed E-state index contributed by atoms with van der Waals surface area (Å²) >= 11 is 1.62. The van der Waals surface area contributed by atoms with Gasteiger partial charge in [-0.25, -0.2) is 0 Å². The van der Waals surface area contributed by atoms with Gasteiger partial charge in [0.15, 0.2) is 0 Å². The number of hydrogen-bond acceptors (Lipinski definition) is 4. The number of hydrogen-bond donors (Lipinski definition) is 0. The van der Waals surface area contributed by atoms with Crippen molar-refractivity contribution in [1.82, 2.24) is 9.80 Å². The fourth-order valence-electron chi connectivity index (χ4n) is 4.21. The quantitative estimate of drug-likeness (QED) is 0.792. The maximum Gasteiger partial charge on any atom is 0.254 e. The average molecular weight is 399 g/mol. The topological polar surface area (TPSA) is 49.9 Å². The molecule has 4 rings (SSSR count). The summed E-state index contributed by atoms with van der Waals surface area (Å²) in [6.45, 7) is 7.19. The lowest BCUT2D eigenvalue weighted by Gasteiger charge is -2.43. The lowest BCUT2D eigenvalue weighted by Crippen LogP contribution is -2.51. The van der Waals surface area contributed by atoms with E-state index in [2.05, 4.69) is 13.8 Å². The van der Waals surface area contributed by atoms with E-state index in [4.69, 9.17) is 4.74 Å². The minimum atomic E-state index is -0.385. The monoisotopic (exact) mass is 398 g/mol. The van der Waals surface area contributed by atoms with Crippen molar-refractivity contribution < 1.29 is 14.3 Å². The molecule has 0 saturated carbocycles. The third-order valence-electron chi connectivity index (χ3n) is 5.42. The molecule has 0 N–H and O–H groups in total. The molecule has 1 saturated heterocycles. The molecule has 3 heterocycles. The zero-order valence-electron chi connectivity index (χ0n) is 16.3. The van der Waals surface area contributed by atoms with Crippen LogP contribution < -0.4 is 0 Å². The molecular weight excluding hydrogens is 372 g/mol. The van der Waals surface area contributed by atoms with Gasteiger partial charge in [-0.2, -0.15) is 0 Å². The van der Waals surface area contributed by atoms with Gasteiger partial charge < -0.3 is 14.5 Å². The first-order valence-electron chi connectivity index (χ1n) is 9.87. The van der Waals surface area contributed by atoms with Gasteiger partial charge in [0, 0.05) is 30.1 Å². The van der Waals surface area contributed by atoms with Crippen LogP contribution in [-0.4, -0.2) is 54.5 Å². The van der Waals surface area contributed by atoms with Crippen molar-refractivity contribution in [2.45, 2.75) is 25.8 Å². The molecule has 5 nitrogen and oxygen atoms in total. The maximum atomic E-state index is 13.7. The van der Waals surface area contributed by atoms with Crippen LogP contribution in [0.15, 0.2) is 41.8 Å². The zero-order valence-corrected chi connectivity index (χ0v) is 17.2. The first kappa shape index (κ1) is 19.2. The number of fused-ring (bicyclic) bond motifs is 1. The number of thiophene rings is 1. The standard InChI is InChI=1S/C22H26N2O3S/c1-15(2)14-24-20(18-8-5-13-28-18)19(22(26)23-9-11-27-12-10-23)16-6-3-4-7-17(16)21(24)25/h3-8,13,15,19-20H,9-12,14H2,1-2H3/t19-,20-/m1/s1. The Morgan fingerprint density at radius 2 is 1.93 bits per heavy atom. The smallest absolute Gasteiger partial charge is 0.254 e. The highest BCUT2D eigenvalue weighted by molar-refractivity contribution is 7.10. The Labute approximate surface area is 169 Å². The van der Waals surface area contributed by atoms with Gasteiger partial charge in [0.1, 0.15) is 0 Å². The SMILES string of the molecule is CC(C)CN1C(=O)c2ccccc2[C@@H](C(=O)N2CCOCC2)[C@H]1c1cccs1. The van der Waals surface area contributed by atoms with Gasteiger partial charge in [0.05, 0.1) is 25.2 Å². The summed E-state index contributed by atoms with van der Waals surface area (Å²) in [6.07, 6.45) is 0. The Morgan fingerprint density at radius 3 is 2.61 bits per heavy atom. The molecule has 0 spiro atoms. The normalized spacial score (nSPS) is 22.5. The van der Waals surface area contributed by atoms with Crippen LogP contribution in [0.25, 0.3) is 0 Å². The molecule has 148 valence electrons. The molecule has 0 bridgehead atoms. The van der Waals surface area contributed by atoms with Gasteiger partial charge in [-0.15, -0.1) is 11.3 Å². The van der Waals surface area contributed by atoms with Gasteiger partial charge in [-0.1, -0.05) is 38.1 Å². The van der Waals surface area contributed by atoms with Crippen LogP contribution in [0.2, 0.25) is 0 Å². The molecular formula is C22H26N2O3S. The van der Waals surface area contributed by atoms with Crippen LogP contribution in [0.4, 0.5) is 0 Å². The molecule has 2 amide bonds. The summed E-state index contributed by atoms with van der Waals surface area (Å²) in [7, 11) is 0. The van der Waals surface area contributed by atoms with E-state index < -0.39 is 0 Å². The molecule has 2 aromatic rings. The van der Waals surface area contributed by atoms with E-state index in [1.54, 1.807) is 11.3 Å². The first-order chi connectivity index (χ1) is 13.6. The number of carbonyl (C=O) groups excluding carboxylic acids is 2. The van der Waals surface area contributed by atoms with Crippen molar-refractivity contribution in [1.29, 1.82) is 0 Å². The molecule has 1 aromatic carbocycles. The van der Waals surface area contributed by atoms with Crippen LogP contribution in [0.3, 0.4) is 0 Å². The first-order valence-corrected chi connectivity index (χ1v) is 10.8. The number of ether oxygens (including phenoxy) is 1. The zero-order chi connectivity index (χ0) is 19.7. The predicted molar refractivity (Wildman–Crippen MR) is 110 cm³/mol. The van der Waals surface area contributed by atoms with E-state index in [1.165, 1.54) is 0 Å². The molecule has 2 aliphatic rings. The van der Waals surface area contributed by atoms with E-state index in [0.29, 0.717) is 44.3 Å². The van der Waals surface area contributed by atoms with E-state index in [0.717, 1.165) is 10.4 Å². The molecule has 6 heteroatoms. The third-order valence-corrected chi connectivity index (χ3v) is 6.37. The van der Waals surface area contributed by atoms with Crippen LogP contribution in [0.1, 0.15) is 46.6 Å². The fourth-order valence-corrected chi connectivity index (χ4v) is 5.08. The highest BCUT2D eigenvalue weighted by atomic mass is 32.1. The summed E-state index contributed by atoms with van der Waals surface area (Å²) in [5.41, 5.74) is 1.50. The summed E-state index contributed by atoms with van der Waals surface area (Å²) < 4.78 is 5.44. The lowest BCUT2D eigenvalue weighted by atomic mass is 9.80. The van der Waals surface area contributed by atoms with Gasteiger partial charge in [-0.05, 0) is 29.0 Å².